The molecule has 170 valence electrons. The molecule has 1 aliphatic heterocycles. The lowest BCUT2D eigenvalue weighted by Gasteiger charge is -2.30. The minimum Gasteiger partial charge on any atom is -0.360 e. The van der Waals surface area contributed by atoms with E-state index in [-0.39, 0.29) is 16.3 Å². The fraction of sp³-hybridized carbons (Fsp3) is 0.545. The van der Waals surface area contributed by atoms with Gasteiger partial charge in [-0.25, -0.2) is 8.42 Å². The maximum Gasteiger partial charge on any atom is 0.246 e. The van der Waals surface area contributed by atoms with Crippen molar-refractivity contribution in [3.63, 3.8) is 0 Å². The Morgan fingerprint density at radius 3 is 2.39 bits per heavy atom. The Morgan fingerprint density at radius 1 is 1.19 bits per heavy atom. The molecule has 0 bridgehead atoms. The minimum atomic E-state index is -3.90. The molecule has 2 N–H and O–H groups in total. The summed E-state index contributed by atoms with van der Waals surface area (Å²) in [6.07, 6.45) is 2.50. The van der Waals surface area contributed by atoms with Gasteiger partial charge in [-0.3, -0.25) is 9.69 Å². The van der Waals surface area contributed by atoms with Crippen molar-refractivity contribution >= 4 is 15.9 Å². The summed E-state index contributed by atoms with van der Waals surface area (Å²) in [5.74, 6) is 0.608. The molecule has 0 aliphatic carbocycles. The Bertz CT molecular complexity index is 974. The predicted molar refractivity (Wildman–Crippen MR) is 118 cm³/mol. The highest BCUT2D eigenvalue weighted by Crippen LogP contribution is 2.19. The van der Waals surface area contributed by atoms with Crippen LogP contribution in [-0.2, 0) is 27.9 Å². The molecule has 0 unspecified atom stereocenters. The Kier molecular flexibility index (Phi) is 7.51. The smallest absolute Gasteiger partial charge is 0.246 e. The van der Waals surface area contributed by atoms with Gasteiger partial charge in [0.1, 0.15) is 10.6 Å². The van der Waals surface area contributed by atoms with E-state index in [1.807, 2.05) is 12.1 Å². The first-order chi connectivity index (χ1) is 14.7. The van der Waals surface area contributed by atoms with E-state index in [1.54, 1.807) is 6.92 Å². The molecule has 8 nitrogen and oxygen atoms in total. The number of rotatable bonds is 8. The zero-order chi connectivity index (χ0) is 22.6. The first-order valence-corrected chi connectivity index (χ1v) is 12.2. The quantitative estimate of drug-likeness (QED) is 0.643. The van der Waals surface area contributed by atoms with Gasteiger partial charge in [0.25, 0.3) is 0 Å². The molecule has 1 aromatic heterocycles. The van der Waals surface area contributed by atoms with E-state index in [1.165, 1.54) is 32.3 Å². The number of hydrogen-bond donors (Lipinski definition) is 2. The van der Waals surface area contributed by atoms with Crippen molar-refractivity contribution in [3.8, 4) is 0 Å². The van der Waals surface area contributed by atoms with Crippen LogP contribution in [0.4, 0.5) is 0 Å². The topological polar surface area (TPSA) is 105 Å². The number of carbonyl (C=O) groups excluding carboxylic acids is 1. The molecular formula is C22H32N4O4S. The van der Waals surface area contributed by atoms with Crippen molar-refractivity contribution in [2.24, 2.45) is 5.92 Å². The van der Waals surface area contributed by atoms with E-state index in [0.29, 0.717) is 6.54 Å². The van der Waals surface area contributed by atoms with Gasteiger partial charge in [-0.2, -0.15) is 4.72 Å². The Morgan fingerprint density at radius 2 is 1.81 bits per heavy atom. The number of amides is 1. The van der Waals surface area contributed by atoms with Crippen LogP contribution in [0, 0.1) is 19.8 Å². The summed E-state index contributed by atoms with van der Waals surface area (Å²) in [7, 11) is -3.90. The van der Waals surface area contributed by atoms with E-state index < -0.39 is 22.0 Å². The molecular weight excluding hydrogens is 416 g/mol. The Balaban J connectivity index is 1.49. The molecule has 0 saturated carbocycles. The van der Waals surface area contributed by atoms with Crippen LogP contribution >= 0.6 is 0 Å². The molecule has 1 amide bonds. The molecule has 0 radical (unpaired) electrons. The van der Waals surface area contributed by atoms with E-state index in [4.69, 9.17) is 4.52 Å². The van der Waals surface area contributed by atoms with Gasteiger partial charge < -0.3 is 9.84 Å². The van der Waals surface area contributed by atoms with Gasteiger partial charge in [0.05, 0.1) is 6.04 Å². The average molecular weight is 449 g/mol. The molecule has 1 aromatic carbocycles. The zero-order valence-corrected chi connectivity index (χ0v) is 19.5. The fourth-order valence-corrected chi connectivity index (χ4v) is 5.32. The van der Waals surface area contributed by atoms with Crippen molar-refractivity contribution < 1.29 is 17.7 Å². The van der Waals surface area contributed by atoms with Gasteiger partial charge in [-0.15, -0.1) is 0 Å². The second-order valence-electron chi connectivity index (χ2n) is 8.49. The standard InChI is InChI=1S/C22H32N4O4S/c1-15-9-11-26(12-10-15)14-20-7-5-19(6-8-20)13-23-22(27)17(3)25-31(28,29)21-16(2)24-30-18(21)4/h5-8,15,17,25H,9-14H2,1-4H3,(H,23,27)/t17-/m0/s1. The Hall–Kier alpha value is -2.23. The van der Waals surface area contributed by atoms with Gasteiger partial charge in [0, 0.05) is 13.1 Å². The van der Waals surface area contributed by atoms with Crippen LogP contribution in [0.2, 0.25) is 0 Å². The average Bonchev–Trinajstić information content (AvgIpc) is 3.07. The van der Waals surface area contributed by atoms with Crippen LogP contribution in [0.25, 0.3) is 0 Å². The van der Waals surface area contributed by atoms with Gasteiger partial charge >= 0.3 is 0 Å². The maximum absolute atomic E-state index is 12.5. The SMILES string of the molecule is Cc1noc(C)c1S(=O)(=O)N[C@@H](C)C(=O)NCc1ccc(CN2CCC(C)CC2)cc1. The van der Waals surface area contributed by atoms with Crippen LogP contribution < -0.4 is 10.0 Å². The van der Waals surface area contributed by atoms with E-state index in [2.05, 4.69) is 39.2 Å². The number of nitrogens with zero attached hydrogens (tertiary/aromatic N) is 2. The number of aromatic nitrogens is 1. The molecule has 1 aliphatic rings. The molecule has 9 heteroatoms. The van der Waals surface area contributed by atoms with Gasteiger partial charge in [0.2, 0.25) is 15.9 Å². The van der Waals surface area contributed by atoms with Crippen LogP contribution in [0.15, 0.2) is 33.7 Å². The summed E-state index contributed by atoms with van der Waals surface area (Å²) < 4.78 is 32.4. The lowest BCUT2D eigenvalue weighted by Crippen LogP contribution is -2.44. The number of benzene rings is 1. The second kappa shape index (κ2) is 9.93. The number of piperidine rings is 1. The number of carbonyl (C=O) groups is 1. The van der Waals surface area contributed by atoms with E-state index in [9.17, 15) is 13.2 Å². The van der Waals surface area contributed by atoms with Crippen LogP contribution in [0.3, 0.4) is 0 Å². The van der Waals surface area contributed by atoms with Crippen molar-refractivity contribution in [1.29, 1.82) is 0 Å². The van der Waals surface area contributed by atoms with Crippen LogP contribution in [-0.4, -0.2) is 43.5 Å². The highest BCUT2D eigenvalue weighted by atomic mass is 32.2. The minimum absolute atomic E-state index is 0.0223. The van der Waals surface area contributed by atoms with Gasteiger partial charge in [-0.05, 0) is 63.7 Å². The highest BCUT2D eigenvalue weighted by Gasteiger charge is 2.28. The maximum atomic E-state index is 12.5. The summed E-state index contributed by atoms with van der Waals surface area (Å²) in [4.78, 5) is 14.9. The van der Waals surface area contributed by atoms with Crippen LogP contribution in [0.5, 0.6) is 0 Å². The first kappa shape index (κ1) is 23.4. The summed E-state index contributed by atoms with van der Waals surface area (Å²) in [5.41, 5.74) is 2.48. The van der Waals surface area contributed by atoms with E-state index in [0.717, 1.165) is 31.1 Å². The summed E-state index contributed by atoms with van der Waals surface area (Å²) in [6.45, 7) is 10.4. The number of likely N-dealkylation sites (tertiary alicyclic amines) is 1. The molecule has 1 fully saturated rings. The summed E-state index contributed by atoms with van der Waals surface area (Å²) >= 11 is 0. The second-order valence-corrected chi connectivity index (χ2v) is 10.1. The van der Waals surface area contributed by atoms with Crippen molar-refractivity contribution in [2.45, 2.75) is 64.6 Å². The molecule has 0 spiro atoms. The largest absolute Gasteiger partial charge is 0.360 e. The summed E-state index contributed by atoms with van der Waals surface area (Å²) in [5, 5.41) is 6.45. The monoisotopic (exact) mass is 448 g/mol. The highest BCUT2D eigenvalue weighted by molar-refractivity contribution is 7.89. The van der Waals surface area contributed by atoms with Gasteiger partial charge in [-0.1, -0.05) is 36.3 Å². The fourth-order valence-electron chi connectivity index (χ4n) is 3.79. The van der Waals surface area contributed by atoms with E-state index >= 15 is 0 Å². The third kappa shape index (κ3) is 6.15. The molecule has 1 atom stereocenters. The lowest BCUT2D eigenvalue weighted by molar-refractivity contribution is -0.122. The van der Waals surface area contributed by atoms with Crippen molar-refractivity contribution in [1.82, 2.24) is 20.1 Å². The normalized spacial score (nSPS) is 16.9. The third-order valence-corrected chi connectivity index (χ3v) is 7.52. The number of nitrogens with one attached hydrogen (secondary N) is 2. The third-order valence-electron chi connectivity index (χ3n) is 5.73. The molecule has 1 saturated heterocycles. The zero-order valence-electron chi connectivity index (χ0n) is 18.6. The molecule has 2 heterocycles. The van der Waals surface area contributed by atoms with Crippen molar-refractivity contribution in [2.75, 3.05) is 13.1 Å². The first-order valence-electron chi connectivity index (χ1n) is 10.7. The predicted octanol–water partition coefficient (Wildman–Crippen LogP) is 2.51. The lowest BCUT2D eigenvalue weighted by atomic mass is 9.99. The summed E-state index contributed by atoms with van der Waals surface area (Å²) in [6, 6.07) is 7.24. The molecule has 31 heavy (non-hydrogen) atoms. The molecule has 2 aromatic rings. The van der Waals surface area contributed by atoms with Crippen molar-refractivity contribution in [3.05, 3.63) is 46.8 Å². The number of sulfonamides is 1. The Labute approximate surface area is 184 Å². The number of hydrogen-bond acceptors (Lipinski definition) is 6. The van der Waals surface area contributed by atoms with Gasteiger partial charge in [0.15, 0.2) is 5.76 Å². The van der Waals surface area contributed by atoms with Crippen LogP contribution in [0.1, 0.15) is 49.3 Å². The number of aryl methyl sites for hydroxylation is 2. The molecule has 3 rings (SSSR count).